The third kappa shape index (κ3) is 1.96. The third-order valence-corrected chi connectivity index (χ3v) is 2.24. The number of hydrogen-bond donors (Lipinski definition) is 3. The van der Waals surface area contributed by atoms with Crippen LogP contribution in [0.3, 0.4) is 0 Å². The zero-order valence-corrected chi connectivity index (χ0v) is 8.84. The lowest BCUT2D eigenvalue weighted by atomic mass is 10.1. The average Bonchev–Trinajstić information content (AvgIpc) is 2.82. The van der Waals surface area contributed by atoms with Gasteiger partial charge in [-0.3, -0.25) is 35.7 Å². The van der Waals surface area contributed by atoms with Gasteiger partial charge in [0.15, 0.2) is 0 Å². The molecule has 0 radical (unpaired) electrons. The zero-order chi connectivity index (χ0) is 13.1. The molecule has 18 heavy (non-hydrogen) atoms. The number of aromatic nitrogens is 2. The molecule has 9 heteroatoms. The monoisotopic (exact) mass is 249 g/mol. The molecule has 92 valence electrons. The molecular formula is C9H7N5O4. The Hall–Kier alpha value is -2.97. The van der Waals surface area contributed by atoms with E-state index in [4.69, 9.17) is 0 Å². The van der Waals surface area contributed by atoms with Crippen LogP contribution >= 0.6 is 0 Å². The van der Waals surface area contributed by atoms with Gasteiger partial charge in [-0.05, 0) is 6.07 Å². The van der Waals surface area contributed by atoms with Crippen LogP contribution in [0.25, 0.3) is 10.9 Å². The van der Waals surface area contributed by atoms with Crippen molar-refractivity contribution in [1.82, 2.24) is 21.0 Å². The van der Waals surface area contributed by atoms with Crippen molar-refractivity contribution in [2.24, 2.45) is 0 Å². The molecular weight excluding hydrogens is 242 g/mol. The number of nitrogens with one attached hydrogen (secondary N) is 3. The number of fused-ring (bicyclic) bond motifs is 1. The molecule has 0 atom stereocenters. The summed E-state index contributed by atoms with van der Waals surface area (Å²) in [5.41, 5.74) is 4.18. The van der Waals surface area contributed by atoms with Crippen LogP contribution in [0.2, 0.25) is 0 Å². The summed E-state index contributed by atoms with van der Waals surface area (Å²) in [6, 6.07) is 2.51. The molecule has 0 aliphatic rings. The van der Waals surface area contributed by atoms with Crippen LogP contribution in [0.5, 0.6) is 0 Å². The van der Waals surface area contributed by atoms with Crippen molar-refractivity contribution in [2.45, 2.75) is 0 Å². The molecule has 9 nitrogen and oxygen atoms in total. The fraction of sp³-hybridized carbons (Fsp3) is 0. The highest BCUT2D eigenvalue weighted by Gasteiger charge is 2.18. The summed E-state index contributed by atoms with van der Waals surface area (Å²) in [6.45, 7) is 0. The summed E-state index contributed by atoms with van der Waals surface area (Å²) in [7, 11) is 0. The molecule has 2 aromatic rings. The predicted octanol–water partition coefficient (Wildman–Crippen LogP) is -0.138. The van der Waals surface area contributed by atoms with Crippen molar-refractivity contribution in [2.75, 3.05) is 0 Å². The number of aromatic amines is 1. The maximum Gasteiger partial charge on any atom is 0.281 e. The number of hydrazine groups is 1. The number of H-pyrrole nitrogens is 1. The van der Waals surface area contributed by atoms with Crippen molar-refractivity contribution in [3.05, 3.63) is 34.0 Å². The van der Waals surface area contributed by atoms with Crippen LogP contribution in [0.4, 0.5) is 5.69 Å². The fourth-order valence-corrected chi connectivity index (χ4v) is 1.48. The average molecular weight is 249 g/mol. The lowest BCUT2D eigenvalue weighted by Crippen LogP contribution is -2.36. The Balaban J connectivity index is 2.49. The van der Waals surface area contributed by atoms with E-state index in [9.17, 15) is 19.7 Å². The molecule has 0 spiro atoms. The molecule has 0 aliphatic carbocycles. The molecule has 0 bridgehead atoms. The number of rotatable bonds is 4. The first-order valence-electron chi connectivity index (χ1n) is 4.74. The van der Waals surface area contributed by atoms with Crippen molar-refractivity contribution in [1.29, 1.82) is 0 Å². The highest BCUT2D eigenvalue weighted by molar-refractivity contribution is 6.00. The molecule has 2 amide bonds. The smallest absolute Gasteiger partial charge is 0.278 e. The number of benzene rings is 1. The van der Waals surface area contributed by atoms with Crippen LogP contribution in [0.1, 0.15) is 10.4 Å². The van der Waals surface area contributed by atoms with Gasteiger partial charge in [-0.25, -0.2) is 0 Å². The van der Waals surface area contributed by atoms with Crippen molar-refractivity contribution < 1.29 is 14.5 Å². The Bertz CT molecular complexity index is 635. The standard InChI is InChI=1S/C9H7N5O4/c15-4-11-13-9(16)5-1-7-6(3-10-12-7)8(2-5)14(17)18/h1-4H,(H,10,12)(H,11,15)(H,13,16). The van der Waals surface area contributed by atoms with Gasteiger partial charge in [0.2, 0.25) is 6.41 Å². The Morgan fingerprint density at radius 3 is 2.94 bits per heavy atom. The molecule has 3 N–H and O–H groups in total. The number of carbonyl (C=O) groups excluding carboxylic acids is 2. The quantitative estimate of drug-likeness (QED) is 0.394. The van der Waals surface area contributed by atoms with Crippen LogP contribution in [-0.4, -0.2) is 27.4 Å². The summed E-state index contributed by atoms with van der Waals surface area (Å²) >= 11 is 0. The van der Waals surface area contributed by atoms with Gasteiger partial charge in [0.05, 0.1) is 27.6 Å². The SMILES string of the molecule is O=CNNC(=O)c1cc([N+](=O)[O-])c2cn[nH]c2c1. The van der Waals surface area contributed by atoms with E-state index in [0.29, 0.717) is 10.9 Å². The van der Waals surface area contributed by atoms with E-state index in [1.807, 2.05) is 5.43 Å². The van der Waals surface area contributed by atoms with Gasteiger partial charge in [-0.2, -0.15) is 5.10 Å². The van der Waals surface area contributed by atoms with E-state index in [1.165, 1.54) is 12.3 Å². The highest BCUT2D eigenvalue weighted by Crippen LogP contribution is 2.25. The first-order valence-corrected chi connectivity index (χ1v) is 4.74. The van der Waals surface area contributed by atoms with E-state index < -0.39 is 10.8 Å². The van der Waals surface area contributed by atoms with E-state index in [0.717, 1.165) is 6.07 Å². The van der Waals surface area contributed by atoms with E-state index in [-0.39, 0.29) is 17.7 Å². The third-order valence-electron chi connectivity index (χ3n) is 2.24. The van der Waals surface area contributed by atoms with Gasteiger partial charge in [0, 0.05) is 6.07 Å². The number of carbonyl (C=O) groups is 2. The molecule has 2 rings (SSSR count). The number of nitro groups is 1. The lowest BCUT2D eigenvalue weighted by Gasteiger charge is -2.03. The van der Waals surface area contributed by atoms with Crippen molar-refractivity contribution >= 4 is 28.9 Å². The van der Waals surface area contributed by atoms with Gasteiger partial charge in [-0.1, -0.05) is 0 Å². The minimum atomic E-state index is -0.665. The van der Waals surface area contributed by atoms with Crippen molar-refractivity contribution in [3.8, 4) is 0 Å². The normalized spacial score (nSPS) is 10.0. The predicted molar refractivity (Wildman–Crippen MR) is 59.4 cm³/mol. The second-order valence-electron chi connectivity index (χ2n) is 3.30. The topological polar surface area (TPSA) is 130 Å². The van der Waals surface area contributed by atoms with Crippen molar-refractivity contribution in [3.63, 3.8) is 0 Å². The largest absolute Gasteiger partial charge is 0.281 e. The maximum absolute atomic E-state index is 11.6. The second kappa shape index (κ2) is 4.49. The van der Waals surface area contributed by atoms with E-state index in [1.54, 1.807) is 0 Å². The minimum Gasteiger partial charge on any atom is -0.278 e. The van der Waals surface area contributed by atoms with Gasteiger partial charge in [0.1, 0.15) is 0 Å². The summed E-state index contributed by atoms with van der Waals surface area (Å²) in [5.74, 6) is -0.665. The van der Waals surface area contributed by atoms with Crippen LogP contribution in [-0.2, 0) is 4.79 Å². The van der Waals surface area contributed by atoms with Gasteiger partial charge < -0.3 is 0 Å². The Morgan fingerprint density at radius 2 is 2.28 bits per heavy atom. The molecule has 0 unspecified atom stereocenters. The Morgan fingerprint density at radius 1 is 1.50 bits per heavy atom. The molecule has 0 fully saturated rings. The Labute approximate surface area is 99.3 Å². The van der Waals surface area contributed by atoms with Crippen LogP contribution in [0.15, 0.2) is 18.3 Å². The molecule has 1 aromatic carbocycles. The zero-order valence-electron chi connectivity index (χ0n) is 8.84. The summed E-state index contributed by atoms with van der Waals surface area (Å²) in [5, 5.41) is 17.4. The fourth-order valence-electron chi connectivity index (χ4n) is 1.48. The van der Waals surface area contributed by atoms with Gasteiger partial charge >= 0.3 is 0 Å². The molecule has 0 aliphatic heterocycles. The second-order valence-corrected chi connectivity index (χ2v) is 3.30. The Kier molecular flexibility index (Phi) is 2.87. The van der Waals surface area contributed by atoms with Crippen LogP contribution in [0, 0.1) is 10.1 Å². The summed E-state index contributed by atoms with van der Waals surface area (Å²) in [6.07, 6.45) is 1.58. The molecule has 1 heterocycles. The number of nitro benzene ring substituents is 1. The van der Waals surface area contributed by atoms with E-state index in [2.05, 4.69) is 15.6 Å². The van der Waals surface area contributed by atoms with E-state index >= 15 is 0 Å². The lowest BCUT2D eigenvalue weighted by molar-refractivity contribution is -0.383. The molecule has 0 saturated carbocycles. The number of hydrogen-bond acceptors (Lipinski definition) is 5. The van der Waals surface area contributed by atoms with Crippen LogP contribution < -0.4 is 10.9 Å². The first-order chi connectivity index (χ1) is 8.63. The maximum atomic E-state index is 11.6. The number of amides is 2. The van der Waals surface area contributed by atoms with Gasteiger partial charge in [-0.15, -0.1) is 0 Å². The number of nitrogens with zero attached hydrogens (tertiary/aromatic N) is 2. The van der Waals surface area contributed by atoms with Gasteiger partial charge in [0.25, 0.3) is 11.6 Å². The first kappa shape index (κ1) is 11.5. The molecule has 1 aromatic heterocycles. The molecule has 0 saturated heterocycles. The minimum absolute atomic E-state index is 0.0350. The number of non-ortho nitro benzene ring substituents is 1. The summed E-state index contributed by atoms with van der Waals surface area (Å²) < 4.78 is 0. The highest BCUT2D eigenvalue weighted by atomic mass is 16.6. The summed E-state index contributed by atoms with van der Waals surface area (Å²) in [4.78, 5) is 31.8.